The fourth-order valence-corrected chi connectivity index (χ4v) is 5.59. The van der Waals surface area contributed by atoms with E-state index in [2.05, 4.69) is 94.3 Å². The first-order valence-electron chi connectivity index (χ1n) is 10.00. The van der Waals surface area contributed by atoms with Crippen LogP contribution in [0.4, 0.5) is 0 Å². The lowest BCUT2D eigenvalue weighted by molar-refractivity contribution is 0.455. The van der Waals surface area contributed by atoms with E-state index in [0.717, 1.165) is 29.8 Å². The lowest BCUT2D eigenvalue weighted by atomic mass is 9.64. The van der Waals surface area contributed by atoms with Crippen LogP contribution >= 0.6 is 11.8 Å². The molecule has 146 valence electrons. The summed E-state index contributed by atoms with van der Waals surface area (Å²) in [5, 5.41) is 0.225. The van der Waals surface area contributed by atoms with Gasteiger partial charge in [0.25, 0.3) is 0 Å². The molecule has 1 aromatic carbocycles. The molecule has 0 amide bonds. The second-order valence-electron chi connectivity index (χ2n) is 8.19. The smallest absolute Gasteiger partial charge is 0.0518 e. The number of nitrogens with zero attached hydrogens (tertiary/aromatic N) is 1. The summed E-state index contributed by atoms with van der Waals surface area (Å²) in [6.07, 6.45) is 8.22. The predicted molar refractivity (Wildman–Crippen MR) is 125 cm³/mol. The number of benzene rings is 1. The molecule has 1 fully saturated rings. The van der Waals surface area contributed by atoms with Gasteiger partial charge in [-0.15, -0.1) is 11.8 Å². The Bertz CT molecular complexity index is 1050. The van der Waals surface area contributed by atoms with Gasteiger partial charge in [0.2, 0.25) is 0 Å². The van der Waals surface area contributed by atoms with Crippen LogP contribution in [0.3, 0.4) is 0 Å². The Labute approximate surface area is 178 Å². The Kier molecular flexibility index (Phi) is 5.23. The summed E-state index contributed by atoms with van der Waals surface area (Å²) in [7, 11) is 0. The topological polar surface area (TPSA) is 12.9 Å². The highest BCUT2D eigenvalue weighted by Crippen LogP contribution is 2.52. The van der Waals surface area contributed by atoms with Crippen LogP contribution in [0.2, 0.25) is 0 Å². The third kappa shape index (κ3) is 3.70. The molecule has 0 atom stereocenters. The third-order valence-electron chi connectivity index (χ3n) is 5.89. The number of allylic oxidation sites excluding steroid dienone is 5. The standard InChI is InChI=1S/C27H27NS/c1-18-13-14-23(15-18)27(25-12-8-10-22(5)28-25)16-20(3)26(21(4)17-27)29-24-11-7-6-9-19(24)2/h6-15,26H,1,3-4,16-17H2,2,5H3. The molecular weight excluding hydrogens is 370 g/mol. The van der Waals surface area contributed by atoms with Crippen LogP contribution in [0.1, 0.15) is 29.8 Å². The molecular formula is C27H27NS. The minimum Gasteiger partial charge on any atom is -0.257 e. The van der Waals surface area contributed by atoms with E-state index in [0.29, 0.717) is 0 Å². The van der Waals surface area contributed by atoms with Crippen molar-refractivity contribution in [2.45, 2.75) is 42.2 Å². The van der Waals surface area contributed by atoms with Gasteiger partial charge in [0.1, 0.15) is 0 Å². The molecule has 29 heavy (non-hydrogen) atoms. The maximum atomic E-state index is 4.94. The van der Waals surface area contributed by atoms with Gasteiger partial charge in [0.15, 0.2) is 0 Å². The summed E-state index contributed by atoms with van der Waals surface area (Å²) in [6.45, 7) is 17.4. The summed E-state index contributed by atoms with van der Waals surface area (Å²) in [5.74, 6) is 0. The van der Waals surface area contributed by atoms with E-state index < -0.39 is 0 Å². The van der Waals surface area contributed by atoms with Gasteiger partial charge in [-0.25, -0.2) is 0 Å². The second-order valence-corrected chi connectivity index (χ2v) is 9.33. The van der Waals surface area contributed by atoms with Gasteiger partial charge < -0.3 is 0 Å². The van der Waals surface area contributed by atoms with Gasteiger partial charge >= 0.3 is 0 Å². The molecule has 0 saturated heterocycles. The molecule has 0 N–H and O–H groups in total. The molecule has 0 unspecified atom stereocenters. The highest BCUT2D eigenvalue weighted by atomic mass is 32.2. The van der Waals surface area contributed by atoms with Gasteiger partial charge in [-0.05, 0) is 61.6 Å². The van der Waals surface area contributed by atoms with Crippen molar-refractivity contribution in [1.29, 1.82) is 0 Å². The zero-order chi connectivity index (χ0) is 20.6. The van der Waals surface area contributed by atoms with Crippen LogP contribution in [0.5, 0.6) is 0 Å². The SMILES string of the molecule is C=C1C=CC(C2(c3cccc(C)n3)CC(=C)C(Sc3ccccc3C)C(=C)C2)=C1. The molecule has 0 spiro atoms. The summed E-state index contributed by atoms with van der Waals surface area (Å²) < 4.78 is 0. The zero-order valence-electron chi connectivity index (χ0n) is 17.2. The van der Waals surface area contributed by atoms with Gasteiger partial charge in [-0.1, -0.05) is 73.4 Å². The first-order chi connectivity index (χ1) is 13.9. The van der Waals surface area contributed by atoms with E-state index in [-0.39, 0.29) is 10.7 Å². The summed E-state index contributed by atoms with van der Waals surface area (Å²) in [4.78, 5) is 6.24. The van der Waals surface area contributed by atoms with Crippen molar-refractivity contribution in [2.24, 2.45) is 0 Å². The van der Waals surface area contributed by atoms with E-state index >= 15 is 0 Å². The monoisotopic (exact) mass is 397 g/mol. The van der Waals surface area contributed by atoms with Gasteiger partial charge in [0, 0.05) is 16.0 Å². The fourth-order valence-electron chi connectivity index (χ4n) is 4.43. The highest BCUT2D eigenvalue weighted by molar-refractivity contribution is 8.00. The van der Waals surface area contributed by atoms with E-state index in [1.54, 1.807) is 0 Å². The van der Waals surface area contributed by atoms with Crippen LogP contribution in [0, 0.1) is 13.8 Å². The van der Waals surface area contributed by atoms with Crippen molar-refractivity contribution in [2.75, 3.05) is 0 Å². The normalized spacial score (nSPS) is 24.1. The molecule has 0 aliphatic heterocycles. The Balaban J connectivity index is 1.72. The average Bonchev–Trinajstić information content (AvgIpc) is 3.13. The summed E-state index contributed by atoms with van der Waals surface area (Å²) in [6, 6.07) is 14.9. The molecule has 1 aromatic heterocycles. The number of aromatic nitrogens is 1. The fraction of sp³-hybridized carbons (Fsp3) is 0.222. The highest BCUT2D eigenvalue weighted by Gasteiger charge is 2.44. The van der Waals surface area contributed by atoms with Gasteiger partial charge in [-0.2, -0.15) is 0 Å². The lowest BCUT2D eigenvalue weighted by Crippen LogP contribution is -2.37. The molecule has 1 heterocycles. The quantitative estimate of drug-likeness (QED) is 0.512. The third-order valence-corrected chi connectivity index (χ3v) is 7.50. The Morgan fingerprint density at radius 3 is 2.28 bits per heavy atom. The van der Waals surface area contributed by atoms with Crippen molar-refractivity contribution < 1.29 is 0 Å². The van der Waals surface area contributed by atoms with Crippen molar-refractivity contribution in [3.05, 3.63) is 120 Å². The van der Waals surface area contributed by atoms with Crippen molar-refractivity contribution >= 4 is 11.8 Å². The van der Waals surface area contributed by atoms with Gasteiger partial charge in [0.05, 0.1) is 10.9 Å². The molecule has 2 aromatic rings. The van der Waals surface area contributed by atoms with E-state index in [4.69, 9.17) is 4.98 Å². The largest absolute Gasteiger partial charge is 0.257 e. The van der Waals surface area contributed by atoms with Crippen LogP contribution in [-0.2, 0) is 5.41 Å². The number of hydrogen-bond donors (Lipinski definition) is 0. The first kappa shape index (κ1) is 19.7. The minimum atomic E-state index is -0.223. The van der Waals surface area contributed by atoms with Crippen LogP contribution in [0.25, 0.3) is 0 Å². The van der Waals surface area contributed by atoms with E-state index in [9.17, 15) is 0 Å². The Hall–Kier alpha value is -2.58. The molecule has 2 aliphatic carbocycles. The maximum absolute atomic E-state index is 4.94. The average molecular weight is 398 g/mol. The zero-order valence-corrected chi connectivity index (χ0v) is 18.1. The Morgan fingerprint density at radius 1 is 0.931 bits per heavy atom. The Morgan fingerprint density at radius 2 is 1.66 bits per heavy atom. The molecule has 4 rings (SSSR count). The minimum absolute atomic E-state index is 0.223. The molecule has 0 radical (unpaired) electrons. The maximum Gasteiger partial charge on any atom is 0.0518 e. The van der Waals surface area contributed by atoms with E-state index in [1.165, 1.54) is 27.2 Å². The second kappa shape index (κ2) is 7.68. The molecule has 2 aliphatic rings. The number of pyridine rings is 1. The number of hydrogen-bond acceptors (Lipinski definition) is 2. The van der Waals surface area contributed by atoms with Crippen molar-refractivity contribution in [1.82, 2.24) is 4.98 Å². The van der Waals surface area contributed by atoms with Crippen molar-refractivity contribution in [3.8, 4) is 0 Å². The number of thioether (sulfide) groups is 1. The van der Waals surface area contributed by atoms with Crippen molar-refractivity contribution in [3.63, 3.8) is 0 Å². The van der Waals surface area contributed by atoms with Crippen LogP contribution < -0.4 is 0 Å². The number of rotatable bonds is 4. The summed E-state index contributed by atoms with van der Waals surface area (Å²) >= 11 is 1.88. The first-order valence-corrected chi connectivity index (χ1v) is 10.9. The summed E-state index contributed by atoms with van der Waals surface area (Å²) in [5.41, 5.74) is 7.95. The van der Waals surface area contributed by atoms with E-state index in [1.807, 2.05) is 11.8 Å². The number of aryl methyl sites for hydroxylation is 2. The molecule has 1 nitrogen and oxygen atoms in total. The predicted octanol–water partition coefficient (Wildman–Crippen LogP) is 7.06. The molecule has 2 heteroatoms. The lowest BCUT2D eigenvalue weighted by Gasteiger charge is -2.43. The molecule has 0 bridgehead atoms. The van der Waals surface area contributed by atoms with Gasteiger partial charge in [-0.3, -0.25) is 4.98 Å². The molecule has 1 saturated carbocycles. The van der Waals surface area contributed by atoms with Crippen LogP contribution in [-0.4, -0.2) is 10.2 Å². The van der Waals surface area contributed by atoms with Crippen LogP contribution in [0.15, 0.2) is 108 Å².